The van der Waals surface area contributed by atoms with Crippen molar-refractivity contribution in [2.75, 3.05) is 0 Å². The van der Waals surface area contributed by atoms with E-state index in [9.17, 15) is 18.3 Å². The lowest BCUT2D eigenvalue weighted by Crippen LogP contribution is -2.07. The summed E-state index contributed by atoms with van der Waals surface area (Å²) in [5.74, 6) is -0.143. The zero-order chi connectivity index (χ0) is 19.9. The average molecular weight is 400 g/mol. The number of phenolic OH excluding ortho intramolecular Hbond substituents is 1. The molecular weight excluding hydrogens is 387 g/mol. The Morgan fingerprint density at radius 2 is 1.61 bits per heavy atom. The van der Waals surface area contributed by atoms with Crippen molar-refractivity contribution in [2.24, 2.45) is 0 Å². The Labute approximate surface area is 163 Å². The number of aromatic nitrogens is 1. The molecule has 6 heteroatoms. The fourth-order valence-electron chi connectivity index (χ4n) is 3.27. The number of nitrogens with zero attached hydrogens (tertiary/aromatic N) is 1. The molecule has 4 rings (SSSR count). The van der Waals surface area contributed by atoms with Gasteiger partial charge in [0.25, 0.3) is 0 Å². The number of para-hydroxylation sites is 1. The highest BCUT2D eigenvalue weighted by Crippen LogP contribution is 2.42. The van der Waals surface area contributed by atoms with Gasteiger partial charge in [-0.05, 0) is 29.3 Å². The Bertz CT molecular complexity index is 1170. The highest BCUT2D eigenvalue weighted by atomic mass is 35.5. The summed E-state index contributed by atoms with van der Waals surface area (Å²) in [4.78, 5) is 4.14. The first-order chi connectivity index (χ1) is 13.4. The summed E-state index contributed by atoms with van der Waals surface area (Å²) >= 11 is 5.92. The molecule has 0 radical (unpaired) electrons. The highest BCUT2D eigenvalue weighted by Gasteiger charge is 2.33. The van der Waals surface area contributed by atoms with E-state index in [0.717, 1.165) is 11.6 Å². The number of hydrogen-bond acceptors (Lipinski definition) is 2. The minimum absolute atomic E-state index is 0.140. The van der Waals surface area contributed by atoms with Crippen LogP contribution in [0.3, 0.4) is 0 Å². The van der Waals surface area contributed by atoms with Crippen LogP contribution in [-0.4, -0.2) is 10.1 Å². The molecule has 0 saturated heterocycles. The maximum atomic E-state index is 13.5. The fraction of sp³-hybridized carbons (Fsp3) is 0.0455. The Kier molecular flexibility index (Phi) is 4.47. The number of aromatic hydroxyl groups is 1. The molecule has 0 aliphatic rings. The van der Waals surface area contributed by atoms with E-state index >= 15 is 0 Å². The van der Waals surface area contributed by atoms with Gasteiger partial charge < -0.3 is 5.11 Å². The molecule has 4 aromatic rings. The fourth-order valence-corrected chi connectivity index (χ4v) is 3.39. The molecule has 0 saturated carbocycles. The molecule has 0 amide bonds. The Hall–Kier alpha value is -3.05. The van der Waals surface area contributed by atoms with Gasteiger partial charge in [0, 0.05) is 22.7 Å². The second kappa shape index (κ2) is 6.84. The van der Waals surface area contributed by atoms with Crippen LogP contribution in [0, 0.1) is 0 Å². The van der Waals surface area contributed by atoms with Gasteiger partial charge in [0.05, 0.1) is 16.1 Å². The SMILES string of the molecule is Oc1cc(-c2c(-c3ccccc3)cnc3c(C(F)(F)F)cccc23)ccc1Cl. The molecule has 2 nitrogen and oxygen atoms in total. The second-order valence-corrected chi connectivity index (χ2v) is 6.69. The third-order valence-corrected chi connectivity index (χ3v) is 4.84. The van der Waals surface area contributed by atoms with Crippen LogP contribution in [0.1, 0.15) is 5.56 Å². The quantitative estimate of drug-likeness (QED) is 0.395. The largest absolute Gasteiger partial charge is 0.506 e. The lowest BCUT2D eigenvalue weighted by atomic mass is 9.91. The van der Waals surface area contributed by atoms with E-state index < -0.39 is 11.7 Å². The molecule has 0 atom stereocenters. The number of fused-ring (bicyclic) bond motifs is 1. The van der Waals surface area contributed by atoms with Crippen molar-refractivity contribution in [3.63, 3.8) is 0 Å². The molecule has 1 N–H and O–H groups in total. The lowest BCUT2D eigenvalue weighted by Gasteiger charge is -2.16. The van der Waals surface area contributed by atoms with Crippen LogP contribution in [0.5, 0.6) is 5.75 Å². The number of rotatable bonds is 2. The molecule has 28 heavy (non-hydrogen) atoms. The van der Waals surface area contributed by atoms with Crippen LogP contribution in [-0.2, 0) is 6.18 Å². The Morgan fingerprint density at radius 1 is 0.857 bits per heavy atom. The van der Waals surface area contributed by atoms with E-state index in [1.54, 1.807) is 12.1 Å². The van der Waals surface area contributed by atoms with Crippen molar-refractivity contribution < 1.29 is 18.3 Å². The topological polar surface area (TPSA) is 33.1 Å². The molecule has 0 spiro atoms. The van der Waals surface area contributed by atoms with Crippen LogP contribution >= 0.6 is 11.6 Å². The van der Waals surface area contributed by atoms with Crippen LogP contribution < -0.4 is 0 Å². The van der Waals surface area contributed by atoms with E-state index in [0.29, 0.717) is 22.1 Å². The molecule has 140 valence electrons. The Balaban J connectivity index is 2.12. The third kappa shape index (κ3) is 3.18. The van der Waals surface area contributed by atoms with Crippen molar-refractivity contribution in [3.8, 4) is 28.0 Å². The van der Waals surface area contributed by atoms with Gasteiger partial charge in [0.1, 0.15) is 5.75 Å². The minimum atomic E-state index is -4.53. The van der Waals surface area contributed by atoms with Crippen LogP contribution in [0.4, 0.5) is 13.2 Å². The maximum absolute atomic E-state index is 13.5. The van der Waals surface area contributed by atoms with Gasteiger partial charge in [0.2, 0.25) is 0 Å². The number of halogens is 4. The van der Waals surface area contributed by atoms with Gasteiger partial charge in [-0.25, -0.2) is 0 Å². The van der Waals surface area contributed by atoms with Crippen molar-refractivity contribution in [3.05, 3.63) is 83.5 Å². The predicted octanol–water partition coefficient (Wildman–Crippen LogP) is 6.95. The first kappa shape index (κ1) is 18.3. The minimum Gasteiger partial charge on any atom is -0.506 e. The van der Waals surface area contributed by atoms with Gasteiger partial charge >= 0.3 is 6.18 Å². The maximum Gasteiger partial charge on any atom is 0.418 e. The van der Waals surface area contributed by atoms with Gasteiger partial charge in [-0.3, -0.25) is 4.98 Å². The van der Waals surface area contributed by atoms with E-state index in [1.165, 1.54) is 24.4 Å². The summed E-state index contributed by atoms with van der Waals surface area (Å²) in [6.07, 6.45) is -3.09. The molecule has 0 aliphatic heterocycles. The zero-order valence-corrected chi connectivity index (χ0v) is 15.1. The first-order valence-electron chi connectivity index (χ1n) is 8.39. The summed E-state index contributed by atoms with van der Waals surface area (Å²) < 4.78 is 40.5. The van der Waals surface area contributed by atoms with Crippen LogP contribution in [0.15, 0.2) is 72.9 Å². The Morgan fingerprint density at radius 3 is 2.29 bits per heavy atom. The van der Waals surface area contributed by atoms with Crippen molar-refractivity contribution in [2.45, 2.75) is 6.18 Å². The normalized spacial score (nSPS) is 11.7. The van der Waals surface area contributed by atoms with Crippen molar-refractivity contribution in [1.29, 1.82) is 0 Å². The third-order valence-electron chi connectivity index (χ3n) is 4.52. The average Bonchev–Trinajstić information content (AvgIpc) is 2.68. The lowest BCUT2D eigenvalue weighted by molar-refractivity contribution is -0.136. The molecule has 0 bridgehead atoms. The highest BCUT2D eigenvalue weighted by molar-refractivity contribution is 6.32. The number of hydrogen-bond donors (Lipinski definition) is 1. The standard InChI is InChI=1S/C22H13ClF3NO/c23-18-10-9-14(11-19(18)28)20-15-7-4-8-17(22(24,25)26)21(15)27-12-16(20)13-5-2-1-3-6-13/h1-12,28H. The van der Waals surface area contributed by atoms with Crippen molar-refractivity contribution in [1.82, 2.24) is 4.98 Å². The second-order valence-electron chi connectivity index (χ2n) is 6.28. The number of pyridine rings is 1. The van der Waals surface area contributed by atoms with E-state index in [1.807, 2.05) is 30.3 Å². The summed E-state index contributed by atoms with van der Waals surface area (Å²) in [6, 6.07) is 17.9. The summed E-state index contributed by atoms with van der Waals surface area (Å²) in [7, 11) is 0. The molecule has 0 aliphatic carbocycles. The molecule has 1 heterocycles. The molecule has 0 fully saturated rings. The van der Waals surface area contributed by atoms with Crippen LogP contribution in [0.25, 0.3) is 33.2 Å². The monoisotopic (exact) mass is 399 g/mol. The van der Waals surface area contributed by atoms with Crippen molar-refractivity contribution >= 4 is 22.5 Å². The molecule has 0 unspecified atom stereocenters. The van der Waals surface area contributed by atoms with E-state index in [-0.39, 0.29) is 16.3 Å². The molecule has 1 aromatic heterocycles. The number of alkyl halides is 3. The number of benzene rings is 3. The van der Waals surface area contributed by atoms with Gasteiger partial charge in [-0.15, -0.1) is 0 Å². The summed E-state index contributed by atoms with van der Waals surface area (Å²) in [5.41, 5.74) is 1.62. The summed E-state index contributed by atoms with van der Waals surface area (Å²) in [5, 5.41) is 10.6. The first-order valence-corrected chi connectivity index (χ1v) is 8.77. The van der Waals surface area contributed by atoms with Gasteiger partial charge in [0.15, 0.2) is 0 Å². The van der Waals surface area contributed by atoms with Gasteiger partial charge in [-0.2, -0.15) is 13.2 Å². The van der Waals surface area contributed by atoms with Gasteiger partial charge in [-0.1, -0.05) is 60.1 Å². The smallest absolute Gasteiger partial charge is 0.418 e. The van der Waals surface area contributed by atoms with E-state index in [2.05, 4.69) is 4.98 Å². The molecular formula is C22H13ClF3NO. The predicted molar refractivity (Wildman–Crippen MR) is 104 cm³/mol. The number of phenols is 1. The van der Waals surface area contributed by atoms with Crippen LogP contribution in [0.2, 0.25) is 5.02 Å². The van der Waals surface area contributed by atoms with E-state index in [4.69, 9.17) is 11.6 Å². The summed E-state index contributed by atoms with van der Waals surface area (Å²) in [6.45, 7) is 0. The zero-order valence-electron chi connectivity index (χ0n) is 14.3. The molecule has 3 aromatic carbocycles.